The van der Waals surface area contributed by atoms with Crippen molar-refractivity contribution < 1.29 is 19.5 Å². The Kier molecular flexibility index (Phi) is 18.7. The minimum atomic E-state index is -1.36. The fourth-order valence-corrected chi connectivity index (χ4v) is 4.23. The molecule has 0 aromatic heterocycles. The van der Waals surface area contributed by atoms with Crippen LogP contribution in [0.4, 0.5) is 0 Å². The second-order valence-electron chi connectivity index (χ2n) is 9.63. The van der Waals surface area contributed by atoms with Crippen LogP contribution < -0.4 is 5.32 Å². The number of aliphatic hydroxyl groups is 2. The Balaban J connectivity index is 3.56. The van der Waals surface area contributed by atoms with Crippen molar-refractivity contribution in [1.29, 1.82) is 0 Å². The summed E-state index contributed by atoms with van der Waals surface area (Å²) in [7, 11) is 3.84. The SMILES string of the molecule is CCCCCCCCCCCCCCCCCC(=O)NC(CC)[N+](C)(C)CC(O)O. The summed E-state index contributed by atoms with van der Waals surface area (Å²) in [6.45, 7) is 4.49. The van der Waals surface area contributed by atoms with Crippen LogP contribution in [0.25, 0.3) is 0 Å². The van der Waals surface area contributed by atoms with Gasteiger partial charge >= 0.3 is 0 Å². The van der Waals surface area contributed by atoms with E-state index in [0.29, 0.717) is 10.9 Å². The third kappa shape index (κ3) is 17.1. The van der Waals surface area contributed by atoms with Crippen LogP contribution in [0, 0.1) is 0 Å². The van der Waals surface area contributed by atoms with Crippen molar-refractivity contribution in [2.45, 2.75) is 135 Å². The first-order chi connectivity index (χ1) is 14.3. The van der Waals surface area contributed by atoms with Crippen molar-refractivity contribution in [3.8, 4) is 0 Å². The van der Waals surface area contributed by atoms with Crippen LogP contribution in [-0.4, -0.2) is 53.7 Å². The van der Waals surface area contributed by atoms with Gasteiger partial charge in [0.25, 0.3) is 0 Å². The number of aliphatic hydroxyl groups excluding tert-OH is 1. The Labute approximate surface area is 187 Å². The zero-order valence-corrected chi connectivity index (χ0v) is 20.6. The third-order valence-electron chi connectivity index (χ3n) is 6.20. The standard InChI is InChI=1S/C25H52N2O3/c1-5-7-8-9-10-11-12-13-14-15-16-17-18-19-20-21-24(28)26-23(6-2)27(3,4)22-25(29)30/h23,25,29-30H,5-22H2,1-4H3/p+1. The molecule has 0 aliphatic heterocycles. The lowest BCUT2D eigenvalue weighted by Gasteiger charge is -2.38. The zero-order chi connectivity index (χ0) is 22.7. The molecule has 1 unspecified atom stereocenters. The van der Waals surface area contributed by atoms with E-state index in [0.717, 1.165) is 19.3 Å². The van der Waals surface area contributed by atoms with Crippen molar-refractivity contribution in [2.24, 2.45) is 0 Å². The lowest BCUT2D eigenvalue weighted by Crippen LogP contribution is -2.59. The van der Waals surface area contributed by atoms with E-state index in [4.69, 9.17) is 0 Å². The van der Waals surface area contributed by atoms with Gasteiger partial charge in [-0.15, -0.1) is 0 Å². The molecule has 0 aliphatic carbocycles. The quantitative estimate of drug-likeness (QED) is 0.128. The van der Waals surface area contributed by atoms with E-state index in [-0.39, 0.29) is 18.6 Å². The topological polar surface area (TPSA) is 69.6 Å². The van der Waals surface area contributed by atoms with E-state index < -0.39 is 6.29 Å². The van der Waals surface area contributed by atoms with E-state index >= 15 is 0 Å². The monoisotopic (exact) mass is 429 g/mol. The van der Waals surface area contributed by atoms with Gasteiger partial charge in [0.1, 0.15) is 6.54 Å². The van der Waals surface area contributed by atoms with Gasteiger partial charge in [0, 0.05) is 12.8 Å². The number of hydrogen-bond donors (Lipinski definition) is 3. The maximum atomic E-state index is 12.2. The highest BCUT2D eigenvalue weighted by Crippen LogP contribution is 2.14. The first kappa shape index (κ1) is 29.4. The summed E-state index contributed by atoms with van der Waals surface area (Å²) in [6, 6.07) is 0. The van der Waals surface area contributed by atoms with Crippen LogP contribution in [0.3, 0.4) is 0 Å². The van der Waals surface area contributed by atoms with E-state index in [1.165, 1.54) is 83.5 Å². The van der Waals surface area contributed by atoms with Crippen LogP contribution in [0.5, 0.6) is 0 Å². The Morgan fingerprint density at radius 2 is 1.13 bits per heavy atom. The summed E-state index contributed by atoms with van der Waals surface area (Å²) >= 11 is 0. The number of nitrogens with zero attached hydrogens (tertiary/aromatic N) is 1. The summed E-state index contributed by atoms with van der Waals surface area (Å²) < 4.78 is 0.374. The van der Waals surface area contributed by atoms with Gasteiger partial charge in [-0.3, -0.25) is 4.79 Å². The van der Waals surface area contributed by atoms with Gasteiger partial charge in [-0.05, 0) is 6.42 Å². The molecule has 1 amide bonds. The fourth-order valence-electron chi connectivity index (χ4n) is 4.23. The minimum absolute atomic E-state index is 0.0789. The van der Waals surface area contributed by atoms with Gasteiger partial charge in [0.2, 0.25) is 12.2 Å². The number of unbranched alkanes of at least 4 members (excludes halogenated alkanes) is 14. The predicted octanol–water partition coefficient (Wildman–Crippen LogP) is 5.49. The molecule has 0 aromatic carbocycles. The highest BCUT2D eigenvalue weighted by molar-refractivity contribution is 5.75. The van der Waals surface area contributed by atoms with Crippen molar-refractivity contribution >= 4 is 5.91 Å². The molecule has 30 heavy (non-hydrogen) atoms. The molecule has 1 atom stereocenters. The smallest absolute Gasteiger partial charge is 0.224 e. The molecule has 5 nitrogen and oxygen atoms in total. The Bertz CT molecular complexity index is 400. The van der Waals surface area contributed by atoms with Gasteiger partial charge in [-0.1, -0.05) is 104 Å². The van der Waals surface area contributed by atoms with Gasteiger partial charge < -0.3 is 20.0 Å². The maximum absolute atomic E-state index is 12.2. The lowest BCUT2D eigenvalue weighted by molar-refractivity contribution is -0.922. The third-order valence-corrected chi connectivity index (χ3v) is 6.20. The second-order valence-corrected chi connectivity index (χ2v) is 9.63. The van der Waals surface area contributed by atoms with E-state index in [9.17, 15) is 15.0 Å². The molecule has 0 aliphatic rings. The van der Waals surface area contributed by atoms with E-state index in [1.54, 1.807) is 0 Å². The van der Waals surface area contributed by atoms with Crippen LogP contribution in [-0.2, 0) is 4.79 Å². The molecule has 0 bridgehead atoms. The molecule has 0 saturated carbocycles. The van der Waals surface area contributed by atoms with Gasteiger partial charge in [-0.2, -0.15) is 0 Å². The molecule has 0 fully saturated rings. The average molecular weight is 430 g/mol. The number of hydrogen-bond acceptors (Lipinski definition) is 3. The molecule has 180 valence electrons. The summed E-state index contributed by atoms with van der Waals surface area (Å²) in [5, 5.41) is 21.6. The molecule has 3 N–H and O–H groups in total. The molecule has 0 spiro atoms. The summed E-state index contributed by atoms with van der Waals surface area (Å²) in [5.41, 5.74) is 0. The summed E-state index contributed by atoms with van der Waals surface area (Å²) in [6.07, 6.45) is 19.8. The molecular formula is C25H53N2O3+. The van der Waals surface area contributed by atoms with E-state index in [2.05, 4.69) is 12.2 Å². The molecule has 0 heterocycles. The highest BCUT2D eigenvalue weighted by Gasteiger charge is 2.29. The predicted molar refractivity (Wildman–Crippen MR) is 127 cm³/mol. The van der Waals surface area contributed by atoms with Crippen LogP contribution in [0.15, 0.2) is 0 Å². The molecule has 0 saturated heterocycles. The number of carbonyl (C=O) groups is 1. The number of carbonyl (C=O) groups excluding carboxylic acids is 1. The Morgan fingerprint density at radius 3 is 1.50 bits per heavy atom. The van der Waals surface area contributed by atoms with Crippen LogP contribution in [0.1, 0.15) is 123 Å². The van der Waals surface area contributed by atoms with Gasteiger partial charge in [0.05, 0.1) is 14.1 Å². The van der Waals surface area contributed by atoms with Gasteiger partial charge in [0.15, 0.2) is 6.17 Å². The minimum Gasteiger partial charge on any atom is -0.364 e. The molecule has 0 aromatic rings. The molecule has 5 heteroatoms. The molecule has 0 rings (SSSR count). The zero-order valence-electron chi connectivity index (χ0n) is 20.6. The molecular weight excluding hydrogens is 376 g/mol. The second kappa shape index (κ2) is 19.1. The average Bonchev–Trinajstić information content (AvgIpc) is 2.68. The van der Waals surface area contributed by atoms with Crippen molar-refractivity contribution in [3.05, 3.63) is 0 Å². The van der Waals surface area contributed by atoms with Gasteiger partial charge in [-0.25, -0.2) is 0 Å². The number of rotatable bonds is 21. The van der Waals surface area contributed by atoms with Crippen molar-refractivity contribution in [2.75, 3.05) is 20.6 Å². The lowest BCUT2D eigenvalue weighted by atomic mass is 10.0. The van der Waals surface area contributed by atoms with Crippen LogP contribution in [0.2, 0.25) is 0 Å². The largest absolute Gasteiger partial charge is 0.364 e. The number of amides is 1. The van der Waals surface area contributed by atoms with Crippen LogP contribution >= 0.6 is 0 Å². The Hall–Kier alpha value is -0.650. The normalized spacial score (nSPS) is 13.0. The molecule has 0 radical (unpaired) electrons. The first-order valence-corrected chi connectivity index (χ1v) is 12.8. The number of likely N-dealkylation sites (N-methyl/N-ethyl adjacent to an activating group) is 1. The van der Waals surface area contributed by atoms with E-state index in [1.807, 2.05) is 21.0 Å². The summed E-state index contributed by atoms with van der Waals surface area (Å²) in [5.74, 6) is 0.0789. The maximum Gasteiger partial charge on any atom is 0.224 e. The Morgan fingerprint density at radius 1 is 0.733 bits per heavy atom. The van der Waals surface area contributed by atoms with Crippen molar-refractivity contribution in [1.82, 2.24) is 5.32 Å². The number of nitrogens with one attached hydrogen (secondary N) is 1. The fraction of sp³-hybridized carbons (Fsp3) is 0.960. The summed E-state index contributed by atoms with van der Waals surface area (Å²) in [4.78, 5) is 12.2. The first-order valence-electron chi connectivity index (χ1n) is 12.8. The highest BCUT2D eigenvalue weighted by atomic mass is 16.5. The van der Waals surface area contributed by atoms with Crippen molar-refractivity contribution in [3.63, 3.8) is 0 Å². The number of quaternary nitrogens is 1.